The van der Waals surface area contributed by atoms with Crippen molar-refractivity contribution in [1.29, 1.82) is 0 Å². The van der Waals surface area contributed by atoms with Gasteiger partial charge in [-0.2, -0.15) is 0 Å². The zero-order chi connectivity index (χ0) is 21.1. The van der Waals surface area contributed by atoms with Gasteiger partial charge in [0.15, 0.2) is 0 Å². The van der Waals surface area contributed by atoms with Crippen molar-refractivity contribution in [2.75, 3.05) is 16.8 Å². The number of halogens is 2. The molecule has 0 spiro atoms. The quantitative estimate of drug-likeness (QED) is 0.676. The van der Waals surface area contributed by atoms with E-state index in [0.29, 0.717) is 12.1 Å². The Kier molecular flexibility index (Phi) is 5.57. The largest absolute Gasteiger partial charge is 0.326 e. The van der Waals surface area contributed by atoms with E-state index in [-0.39, 0.29) is 30.5 Å². The number of hydrogen-bond donors (Lipinski definition) is 1. The Morgan fingerprint density at radius 2 is 1.73 bits per heavy atom. The topological polar surface area (TPSA) is 49.4 Å². The van der Waals surface area contributed by atoms with Crippen LogP contribution in [0.5, 0.6) is 0 Å². The van der Waals surface area contributed by atoms with E-state index in [0.717, 1.165) is 23.3 Å². The predicted octanol–water partition coefficient (Wildman–Crippen LogP) is 4.55. The first-order chi connectivity index (χ1) is 14.5. The number of rotatable bonds is 5. The van der Waals surface area contributed by atoms with Crippen LogP contribution in [0.15, 0.2) is 72.8 Å². The molecule has 0 aliphatic carbocycles. The summed E-state index contributed by atoms with van der Waals surface area (Å²) in [5, 5.41) is 2.92. The molecular weight excluding hydrogens is 386 g/mol. The second kappa shape index (κ2) is 8.45. The fourth-order valence-corrected chi connectivity index (χ4v) is 3.66. The van der Waals surface area contributed by atoms with Crippen molar-refractivity contribution in [2.45, 2.75) is 12.8 Å². The molecule has 3 aromatic rings. The second-order valence-corrected chi connectivity index (χ2v) is 7.31. The summed E-state index contributed by atoms with van der Waals surface area (Å²) in [7, 11) is 0. The van der Waals surface area contributed by atoms with Crippen LogP contribution in [0, 0.1) is 17.6 Å². The van der Waals surface area contributed by atoms with E-state index >= 15 is 0 Å². The first-order valence-corrected chi connectivity index (χ1v) is 9.69. The molecule has 1 fully saturated rings. The van der Waals surface area contributed by atoms with Gasteiger partial charge in [-0.15, -0.1) is 0 Å². The molecule has 1 unspecified atom stereocenters. The van der Waals surface area contributed by atoms with Gasteiger partial charge in [-0.05, 0) is 35.7 Å². The minimum atomic E-state index is -0.822. The normalized spacial score (nSPS) is 16.0. The lowest BCUT2D eigenvalue weighted by atomic mass is 10.0. The van der Waals surface area contributed by atoms with Crippen molar-refractivity contribution >= 4 is 23.2 Å². The van der Waals surface area contributed by atoms with Crippen LogP contribution in [-0.4, -0.2) is 18.4 Å². The minimum absolute atomic E-state index is 0.0128. The Bertz CT molecular complexity index is 1090. The third kappa shape index (κ3) is 4.22. The molecule has 4 nitrogen and oxygen atoms in total. The molecule has 1 N–H and O–H groups in total. The number of amides is 2. The molecule has 1 saturated heterocycles. The number of benzene rings is 3. The average molecular weight is 406 g/mol. The monoisotopic (exact) mass is 406 g/mol. The third-order valence-corrected chi connectivity index (χ3v) is 5.21. The lowest BCUT2D eigenvalue weighted by molar-refractivity contribution is -0.122. The van der Waals surface area contributed by atoms with E-state index in [4.69, 9.17) is 0 Å². The van der Waals surface area contributed by atoms with E-state index in [1.165, 1.54) is 11.0 Å². The van der Waals surface area contributed by atoms with Crippen LogP contribution in [0.25, 0.3) is 0 Å². The van der Waals surface area contributed by atoms with Gasteiger partial charge >= 0.3 is 0 Å². The Balaban J connectivity index is 1.48. The summed E-state index contributed by atoms with van der Waals surface area (Å²) in [5.41, 5.74) is 2.75. The predicted molar refractivity (Wildman–Crippen MR) is 111 cm³/mol. The highest BCUT2D eigenvalue weighted by molar-refractivity contribution is 6.03. The molecule has 0 aromatic heterocycles. The van der Waals surface area contributed by atoms with Crippen molar-refractivity contribution in [1.82, 2.24) is 0 Å². The lowest BCUT2D eigenvalue weighted by Gasteiger charge is -2.18. The number of carbonyl (C=O) groups is 2. The number of hydrogen-bond acceptors (Lipinski definition) is 2. The third-order valence-electron chi connectivity index (χ3n) is 5.21. The molecule has 4 rings (SSSR count). The van der Waals surface area contributed by atoms with E-state index in [2.05, 4.69) is 5.32 Å². The molecule has 1 atom stereocenters. The molecule has 6 heteroatoms. The molecule has 152 valence electrons. The van der Waals surface area contributed by atoms with Gasteiger partial charge in [0.25, 0.3) is 0 Å². The Labute approximate surface area is 173 Å². The van der Waals surface area contributed by atoms with Gasteiger partial charge in [-0.3, -0.25) is 9.59 Å². The van der Waals surface area contributed by atoms with Crippen molar-refractivity contribution in [3.63, 3.8) is 0 Å². The van der Waals surface area contributed by atoms with Crippen molar-refractivity contribution < 1.29 is 18.4 Å². The first-order valence-electron chi connectivity index (χ1n) is 9.69. The summed E-state index contributed by atoms with van der Waals surface area (Å²) in [6.07, 6.45) is 0.636. The maximum absolute atomic E-state index is 14.1. The molecule has 0 saturated carbocycles. The first kappa shape index (κ1) is 19.8. The zero-order valence-electron chi connectivity index (χ0n) is 16.1. The van der Waals surface area contributed by atoms with Crippen molar-refractivity contribution in [3.8, 4) is 0 Å². The van der Waals surface area contributed by atoms with Crippen LogP contribution in [0.3, 0.4) is 0 Å². The molecule has 1 heterocycles. The van der Waals surface area contributed by atoms with Crippen LogP contribution in [0.4, 0.5) is 20.2 Å². The highest BCUT2D eigenvalue weighted by atomic mass is 19.1. The van der Waals surface area contributed by atoms with Gasteiger partial charge in [0, 0.05) is 24.7 Å². The maximum atomic E-state index is 14.1. The number of para-hydroxylation sites is 1. The Morgan fingerprint density at radius 3 is 2.50 bits per heavy atom. The smallest absolute Gasteiger partial charge is 0.229 e. The van der Waals surface area contributed by atoms with Crippen LogP contribution < -0.4 is 10.2 Å². The number of anilines is 2. The number of nitrogens with one attached hydrogen (secondary N) is 1. The molecule has 1 aliphatic heterocycles. The minimum Gasteiger partial charge on any atom is -0.326 e. The standard InChI is InChI=1S/C24H20F2N2O2/c25-19-10-11-22(20(26)14-19)28-15-18(13-23(28)29)24(30)27-21-9-5-4-8-17(21)12-16-6-2-1-3-7-16/h1-11,14,18H,12-13,15H2,(H,27,30). The van der Waals surface area contributed by atoms with Crippen molar-refractivity contribution in [2.24, 2.45) is 5.92 Å². The zero-order valence-corrected chi connectivity index (χ0v) is 16.1. The molecule has 2 amide bonds. The fraction of sp³-hybridized carbons (Fsp3) is 0.167. The van der Waals surface area contributed by atoms with E-state index < -0.39 is 17.6 Å². The SMILES string of the molecule is O=C(Nc1ccccc1Cc1ccccc1)C1CC(=O)N(c2ccc(F)cc2F)C1. The van der Waals surface area contributed by atoms with E-state index in [1.54, 1.807) is 0 Å². The van der Waals surface area contributed by atoms with Gasteiger partial charge in [-0.25, -0.2) is 8.78 Å². The highest BCUT2D eigenvalue weighted by Crippen LogP contribution is 2.29. The summed E-state index contributed by atoms with van der Waals surface area (Å²) in [6, 6.07) is 20.5. The van der Waals surface area contributed by atoms with E-state index in [9.17, 15) is 18.4 Å². The highest BCUT2D eigenvalue weighted by Gasteiger charge is 2.36. The Hall–Kier alpha value is -3.54. The van der Waals surface area contributed by atoms with Crippen molar-refractivity contribution in [3.05, 3.63) is 95.6 Å². The van der Waals surface area contributed by atoms with Gasteiger partial charge < -0.3 is 10.2 Å². The van der Waals surface area contributed by atoms with Gasteiger partial charge in [0.2, 0.25) is 11.8 Å². The summed E-state index contributed by atoms with van der Waals surface area (Å²) >= 11 is 0. The molecular formula is C24H20F2N2O2. The molecule has 0 bridgehead atoms. The lowest BCUT2D eigenvalue weighted by Crippen LogP contribution is -2.29. The second-order valence-electron chi connectivity index (χ2n) is 7.31. The Morgan fingerprint density at radius 1 is 1.00 bits per heavy atom. The molecule has 30 heavy (non-hydrogen) atoms. The molecule has 0 radical (unpaired) electrons. The number of carbonyl (C=O) groups excluding carboxylic acids is 2. The summed E-state index contributed by atoms with van der Waals surface area (Å²) in [6.45, 7) is 0.0497. The van der Waals surface area contributed by atoms with Crippen LogP contribution in [0.2, 0.25) is 0 Å². The molecule has 1 aliphatic rings. The summed E-state index contributed by atoms with van der Waals surface area (Å²) in [4.78, 5) is 26.4. The summed E-state index contributed by atoms with van der Waals surface area (Å²) in [5.74, 6) is -2.82. The number of nitrogens with zero attached hydrogens (tertiary/aromatic N) is 1. The average Bonchev–Trinajstić information content (AvgIpc) is 3.12. The summed E-state index contributed by atoms with van der Waals surface area (Å²) < 4.78 is 27.2. The van der Waals surface area contributed by atoms with Crippen LogP contribution in [-0.2, 0) is 16.0 Å². The van der Waals surface area contributed by atoms with Crippen LogP contribution >= 0.6 is 0 Å². The van der Waals surface area contributed by atoms with Crippen LogP contribution in [0.1, 0.15) is 17.5 Å². The van der Waals surface area contributed by atoms with E-state index in [1.807, 2.05) is 54.6 Å². The van der Waals surface area contributed by atoms with Gasteiger partial charge in [0.05, 0.1) is 11.6 Å². The van der Waals surface area contributed by atoms with Gasteiger partial charge in [0.1, 0.15) is 11.6 Å². The molecule has 3 aromatic carbocycles. The maximum Gasteiger partial charge on any atom is 0.229 e. The van der Waals surface area contributed by atoms with Gasteiger partial charge in [-0.1, -0.05) is 48.5 Å². The fourth-order valence-electron chi connectivity index (χ4n) is 3.66.